The summed E-state index contributed by atoms with van der Waals surface area (Å²) in [5, 5.41) is 3.92. The van der Waals surface area contributed by atoms with Gasteiger partial charge in [0.1, 0.15) is 5.82 Å². The van der Waals surface area contributed by atoms with E-state index in [1.54, 1.807) is 6.07 Å². The molecule has 1 N–H and O–H groups in total. The third kappa shape index (κ3) is 4.04. The van der Waals surface area contributed by atoms with E-state index in [0.717, 1.165) is 20.1 Å². The number of halogens is 4. The highest BCUT2D eigenvalue weighted by Crippen LogP contribution is 2.29. The molecule has 20 heavy (non-hydrogen) atoms. The van der Waals surface area contributed by atoms with Crippen molar-refractivity contribution in [3.05, 3.63) is 67.3 Å². The van der Waals surface area contributed by atoms with Gasteiger partial charge in [0.2, 0.25) is 0 Å². The molecule has 2 aromatic rings. The summed E-state index contributed by atoms with van der Waals surface area (Å²) in [5.74, 6) is -0.244. The van der Waals surface area contributed by atoms with Crippen LogP contribution in [-0.2, 0) is 6.42 Å². The van der Waals surface area contributed by atoms with E-state index in [-0.39, 0.29) is 11.9 Å². The van der Waals surface area contributed by atoms with Crippen molar-refractivity contribution in [2.45, 2.75) is 12.5 Å². The predicted molar refractivity (Wildman–Crippen MR) is 88.8 cm³/mol. The van der Waals surface area contributed by atoms with Crippen LogP contribution in [0, 0.1) is 5.82 Å². The van der Waals surface area contributed by atoms with E-state index in [2.05, 4.69) is 37.2 Å². The van der Waals surface area contributed by atoms with Crippen LogP contribution in [0.1, 0.15) is 17.2 Å². The lowest BCUT2D eigenvalue weighted by Crippen LogP contribution is -2.19. The van der Waals surface area contributed by atoms with Gasteiger partial charge >= 0.3 is 0 Å². The van der Waals surface area contributed by atoms with Crippen LogP contribution in [0.3, 0.4) is 0 Å². The Morgan fingerprint density at radius 3 is 2.50 bits per heavy atom. The molecule has 0 saturated heterocycles. The van der Waals surface area contributed by atoms with Gasteiger partial charge in [0.05, 0.1) is 0 Å². The SMILES string of the molecule is CNC(Cc1cc(F)cc(Br)c1)c1ccc(Br)cc1Cl. The number of nitrogens with one attached hydrogen (secondary N) is 1. The molecule has 0 amide bonds. The van der Waals surface area contributed by atoms with Gasteiger partial charge in [-0.1, -0.05) is 49.5 Å². The molecule has 0 aliphatic heterocycles. The summed E-state index contributed by atoms with van der Waals surface area (Å²) in [4.78, 5) is 0. The van der Waals surface area contributed by atoms with Crippen LogP contribution in [0.15, 0.2) is 45.3 Å². The predicted octanol–water partition coefficient (Wildman–Crippen LogP) is 5.51. The van der Waals surface area contributed by atoms with Gasteiger partial charge in [-0.3, -0.25) is 0 Å². The fraction of sp³-hybridized carbons (Fsp3) is 0.200. The van der Waals surface area contributed by atoms with Gasteiger partial charge in [-0.15, -0.1) is 0 Å². The topological polar surface area (TPSA) is 12.0 Å². The Kier molecular flexibility index (Phi) is 5.61. The Morgan fingerprint density at radius 2 is 1.90 bits per heavy atom. The summed E-state index contributed by atoms with van der Waals surface area (Å²) in [6.07, 6.45) is 0.661. The maximum absolute atomic E-state index is 13.4. The Hall–Kier alpha value is -0.420. The van der Waals surface area contributed by atoms with Crippen molar-refractivity contribution in [1.29, 1.82) is 0 Å². The molecule has 0 spiro atoms. The second-order valence-corrected chi connectivity index (χ2v) is 6.73. The van der Waals surface area contributed by atoms with E-state index in [0.29, 0.717) is 11.4 Å². The molecule has 0 bridgehead atoms. The quantitative estimate of drug-likeness (QED) is 0.687. The zero-order valence-electron chi connectivity index (χ0n) is 10.8. The largest absolute Gasteiger partial charge is 0.313 e. The maximum Gasteiger partial charge on any atom is 0.124 e. The molecule has 5 heteroatoms. The summed E-state index contributed by atoms with van der Waals surface area (Å²) >= 11 is 13.0. The zero-order chi connectivity index (χ0) is 14.7. The lowest BCUT2D eigenvalue weighted by atomic mass is 9.99. The van der Waals surface area contributed by atoms with Crippen molar-refractivity contribution in [2.75, 3.05) is 7.05 Å². The first-order valence-electron chi connectivity index (χ1n) is 6.07. The zero-order valence-corrected chi connectivity index (χ0v) is 14.7. The van der Waals surface area contributed by atoms with E-state index in [9.17, 15) is 4.39 Å². The summed E-state index contributed by atoms with van der Waals surface area (Å²) in [7, 11) is 1.87. The first kappa shape index (κ1) is 16.0. The van der Waals surface area contributed by atoms with Crippen LogP contribution in [0.4, 0.5) is 4.39 Å². The molecule has 0 aliphatic carbocycles. The monoisotopic (exact) mass is 419 g/mol. The van der Waals surface area contributed by atoms with Crippen LogP contribution in [-0.4, -0.2) is 7.05 Å². The molecule has 0 aliphatic rings. The van der Waals surface area contributed by atoms with Gasteiger partial charge in [0, 0.05) is 20.0 Å². The first-order chi connectivity index (χ1) is 9.49. The molecule has 1 unspecified atom stereocenters. The van der Waals surface area contributed by atoms with Crippen LogP contribution < -0.4 is 5.32 Å². The molecular formula is C15H13Br2ClFN. The third-order valence-corrected chi connectivity index (χ3v) is 4.33. The molecule has 0 fully saturated rings. The Morgan fingerprint density at radius 1 is 1.15 bits per heavy atom. The highest BCUT2D eigenvalue weighted by atomic mass is 79.9. The smallest absolute Gasteiger partial charge is 0.124 e. The number of likely N-dealkylation sites (N-methyl/N-ethyl adjacent to an activating group) is 1. The molecule has 106 valence electrons. The van der Waals surface area contributed by atoms with Crippen LogP contribution in [0.5, 0.6) is 0 Å². The number of rotatable bonds is 4. The number of hydrogen-bond acceptors (Lipinski definition) is 1. The third-order valence-electron chi connectivity index (χ3n) is 3.05. The van der Waals surface area contributed by atoms with E-state index < -0.39 is 0 Å². The molecule has 2 aromatic carbocycles. The van der Waals surface area contributed by atoms with Gasteiger partial charge in [-0.05, 0) is 54.9 Å². The van der Waals surface area contributed by atoms with Crippen molar-refractivity contribution in [2.24, 2.45) is 0 Å². The molecule has 0 aromatic heterocycles. The second-order valence-electron chi connectivity index (χ2n) is 4.49. The Balaban J connectivity index is 2.28. The van der Waals surface area contributed by atoms with Crippen LogP contribution in [0.25, 0.3) is 0 Å². The molecule has 1 atom stereocenters. The molecule has 0 saturated carbocycles. The standard InChI is InChI=1S/C15H13Br2ClFN/c1-20-15(13-3-2-10(16)8-14(13)18)6-9-4-11(17)7-12(19)5-9/h2-5,7-8,15,20H,6H2,1H3. The lowest BCUT2D eigenvalue weighted by molar-refractivity contribution is 0.584. The minimum atomic E-state index is -0.244. The van der Waals surface area contributed by atoms with E-state index >= 15 is 0 Å². The Bertz CT molecular complexity index is 599. The van der Waals surface area contributed by atoms with Crippen molar-refractivity contribution in [3.63, 3.8) is 0 Å². The van der Waals surface area contributed by atoms with Crippen molar-refractivity contribution >= 4 is 43.5 Å². The first-order valence-corrected chi connectivity index (χ1v) is 8.03. The normalized spacial score (nSPS) is 12.4. The minimum Gasteiger partial charge on any atom is -0.313 e. The van der Waals surface area contributed by atoms with Gasteiger partial charge < -0.3 is 5.32 Å². The van der Waals surface area contributed by atoms with Crippen LogP contribution >= 0.6 is 43.5 Å². The maximum atomic E-state index is 13.4. The van der Waals surface area contributed by atoms with Gasteiger partial charge in [-0.25, -0.2) is 4.39 Å². The summed E-state index contributed by atoms with van der Waals surface area (Å²) < 4.78 is 15.1. The molecule has 0 radical (unpaired) electrons. The molecular weight excluding hydrogens is 408 g/mol. The minimum absolute atomic E-state index is 0.0318. The molecule has 1 nitrogen and oxygen atoms in total. The van der Waals surface area contributed by atoms with E-state index in [4.69, 9.17) is 11.6 Å². The van der Waals surface area contributed by atoms with Crippen LogP contribution in [0.2, 0.25) is 5.02 Å². The average Bonchev–Trinajstić information content (AvgIpc) is 2.35. The van der Waals surface area contributed by atoms with Crippen molar-refractivity contribution in [3.8, 4) is 0 Å². The lowest BCUT2D eigenvalue weighted by Gasteiger charge is -2.18. The van der Waals surface area contributed by atoms with Crippen molar-refractivity contribution in [1.82, 2.24) is 5.32 Å². The summed E-state index contributed by atoms with van der Waals surface area (Å²) in [6.45, 7) is 0. The van der Waals surface area contributed by atoms with E-state index in [1.807, 2.05) is 31.3 Å². The van der Waals surface area contributed by atoms with Gasteiger partial charge in [0.15, 0.2) is 0 Å². The highest BCUT2D eigenvalue weighted by molar-refractivity contribution is 9.10. The number of benzene rings is 2. The fourth-order valence-corrected chi connectivity index (χ4v) is 3.43. The Labute approximate surface area is 139 Å². The fourth-order valence-electron chi connectivity index (χ4n) is 2.12. The second kappa shape index (κ2) is 7.03. The average molecular weight is 422 g/mol. The highest BCUT2D eigenvalue weighted by Gasteiger charge is 2.14. The van der Waals surface area contributed by atoms with E-state index in [1.165, 1.54) is 6.07 Å². The van der Waals surface area contributed by atoms with Gasteiger partial charge in [0.25, 0.3) is 0 Å². The number of hydrogen-bond donors (Lipinski definition) is 1. The summed E-state index contributed by atoms with van der Waals surface area (Å²) in [6, 6.07) is 10.7. The van der Waals surface area contributed by atoms with Crippen molar-refractivity contribution < 1.29 is 4.39 Å². The molecule has 2 rings (SSSR count). The van der Waals surface area contributed by atoms with Gasteiger partial charge in [-0.2, -0.15) is 0 Å². The summed E-state index contributed by atoms with van der Waals surface area (Å²) in [5.41, 5.74) is 1.91. The molecule has 0 heterocycles.